The van der Waals surface area contributed by atoms with Gasteiger partial charge in [0.2, 0.25) is 5.91 Å². The van der Waals surface area contributed by atoms with E-state index in [1.807, 2.05) is 63.2 Å². The zero-order valence-electron chi connectivity index (χ0n) is 17.6. The minimum absolute atomic E-state index is 0.0222. The van der Waals surface area contributed by atoms with Crippen molar-refractivity contribution in [2.24, 2.45) is 5.41 Å². The Morgan fingerprint density at radius 3 is 2.27 bits per heavy atom. The van der Waals surface area contributed by atoms with Crippen LogP contribution in [0.25, 0.3) is 0 Å². The summed E-state index contributed by atoms with van der Waals surface area (Å²) in [7, 11) is 0. The lowest BCUT2D eigenvalue weighted by Crippen LogP contribution is -2.35. The number of Topliss-reactive ketones (excluding diaryl/α,β-unsaturated/α-hetero) is 1. The van der Waals surface area contributed by atoms with Crippen LogP contribution in [-0.4, -0.2) is 30.2 Å². The second-order valence-corrected chi connectivity index (χ2v) is 9.69. The molecule has 2 amide bonds. The van der Waals surface area contributed by atoms with Crippen LogP contribution in [0.5, 0.6) is 0 Å². The zero-order valence-corrected chi connectivity index (χ0v) is 18.4. The van der Waals surface area contributed by atoms with Gasteiger partial charge < -0.3 is 10.6 Å². The Morgan fingerprint density at radius 2 is 1.63 bits per heavy atom. The Labute approximate surface area is 182 Å². The molecule has 2 N–H and O–H groups in total. The summed E-state index contributed by atoms with van der Waals surface area (Å²) in [4.78, 5) is 38.6. The third-order valence-corrected chi connectivity index (χ3v) is 6.22. The number of ketones is 1. The van der Waals surface area contributed by atoms with E-state index in [0.717, 1.165) is 18.4 Å². The molecule has 1 saturated carbocycles. The lowest BCUT2D eigenvalue weighted by molar-refractivity contribution is -0.125. The van der Waals surface area contributed by atoms with Gasteiger partial charge >= 0.3 is 0 Å². The summed E-state index contributed by atoms with van der Waals surface area (Å²) in [6, 6.07) is 17.0. The molecular weight excluding hydrogens is 396 g/mol. The Bertz CT molecular complexity index is 918. The van der Waals surface area contributed by atoms with Crippen LogP contribution in [0.15, 0.2) is 59.5 Å². The molecule has 158 valence electrons. The van der Waals surface area contributed by atoms with Crippen molar-refractivity contribution in [3.05, 3.63) is 65.7 Å². The predicted octanol–water partition coefficient (Wildman–Crippen LogP) is 4.14. The van der Waals surface area contributed by atoms with Gasteiger partial charge in [0, 0.05) is 16.4 Å². The number of carbonyl (C=O) groups is 3. The number of benzene rings is 2. The van der Waals surface area contributed by atoms with E-state index in [-0.39, 0.29) is 30.2 Å². The highest BCUT2D eigenvalue weighted by Crippen LogP contribution is 2.38. The van der Waals surface area contributed by atoms with Crippen molar-refractivity contribution in [2.45, 2.75) is 49.8 Å². The molecule has 1 aliphatic carbocycles. The molecule has 0 saturated heterocycles. The number of hydrogen-bond acceptors (Lipinski definition) is 4. The van der Waals surface area contributed by atoms with Gasteiger partial charge in [-0.1, -0.05) is 63.2 Å². The Kier molecular flexibility index (Phi) is 6.98. The molecule has 3 rings (SSSR count). The fraction of sp³-hybridized carbons (Fsp3) is 0.375. The lowest BCUT2D eigenvalue weighted by atomic mass is 9.91. The van der Waals surface area contributed by atoms with Gasteiger partial charge in [0.05, 0.1) is 12.1 Å². The first-order valence-electron chi connectivity index (χ1n) is 10.2. The van der Waals surface area contributed by atoms with Gasteiger partial charge in [0.1, 0.15) is 5.25 Å². The van der Waals surface area contributed by atoms with E-state index >= 15 is 0 Å². The molecule has 0 radical (unpaired) electrons. The van der Waals surface area contributed by atoms with Crippen molar-refractivity contribution in [1.29, 1.82) is 0 Å². The van der Waals surface area contributed by atoms with Crippen LogP contribution in [-0.2, 0) is 9.59 Å². The van der Waals surface area contributed by atoms with E-state index < -0.39 is 10.7 Å². The van der Waals surface area contributed by atoms with Crippen LogP contribution >= 0.6 is 11.8 Å². The normalized spacial score (nSPS) is 14.6. The molecule has 2 aromatic carbocycles. The van der Waals surface area contributed by atoms with E-state index in [1.54, 1.807) is 12.1 Å². The molecule has 1 fully saturated rings. The fourth-order valence-electron chi connectivity index (χ4n) is 2.81. The highest BCUT2D eigenvalue weighted by atomic mass is 32.2. The Hall–Kier alpha value is -2.60. The molecule has 2 aromatic rings. The largest absolute Gasteiger partial charge is 0.352 e. The first-order valence-corrected chi connectivity index (χ1v) is 11.1. The summed E-state index contributed by atoms with van der Waals surface area (Å²) in [6.07, 6.45) is 2.03. The minimum Gasteiger partial charge on any atom is -0.352 e. The standard InChI is InChI=1S/C24H28N2O3S/c1-24(2,3)20(27)15-25-22(28)18-11-7-8-12-19(18)30-21(16-9-5-4-6-10-16)23(29)26-17-13-14-17/h4-12,17,21H,13-15H2,1-3H3,(H,25,28)(H,26,29)/t21-/m0/s1. The Morgan fingerprint density at radius 1 is 1.00 bits per heavy atom. The van der Waals surface area contributed by atoms with Crippen molar-refractivity contribution in [2.75, 3.05) is 6.54 Å². The quantitative estimate of drug-likeness (QED) is 0.625. The third kappa shape index (κ3) is 5.95. The van der Waals surface area contributed by atoms with Crippen molar-refractivity contribution in [3.8, 4) is 0 Å². The molecule has 0 heterocycles. The SMILES string of the molecule is CC(C)(C)C(=O)CNC(=O)c1ccccc1S[C@H](C(=O)NC1CC1)c1ccccc1. The molecule has 0 spiro atoms. The van der Waals surface area contributed by atoms with Crippen LogP contribution in [0.3, 0.4) is 0 Å². The lowest BCUT2D eigenvalue weighted by Gasteiger charge is -2.19. The fourth-order valence-corrected chi connectivity index (χ4v) is 3.98. The molecule has 0 unspecified atom stereocenters. The maximum atomic E-state index is 12.9. The van der Waals surface area contributed by atoms with E-state index in [2.05, 4.69) is 10.6 Å². The first kappa shape index (κ1) is 22.1. The number of thioether (sulfide) groups is 1. The van der Waals surface area contributed by atoms with Gasteiger partial charge in [0.15, 0.2) is 5.78 Å². The highest BCUT2D eigenvalue weighted by Gasteiger charge is 2.30. The monoisotopic (exact) mass is 424 g/mol. The Balaban J connectivity index is 1.79. The van der Waals surface area contributed by atoms with E-state index in [0.29, 0.717) is 10.5 Å². The number of hydrogen-bond donors (Lipinski definition) is 2. The number of carbonyl (C=O) groups excluding carboxylic acids is 3. The smallest absolute Gasteiger partial charge is 0.252 e. The minimum atomic E-state index is -0.513. The second-order valence-electron chi connectivity index (χ2n) is 8.54. The molecule has 5 nitrogen and oxygen atoms in total. The summed E-state index contributed by atoms with van der Waals surface area (Å²) < 4.78 is 0. The molecule has 30 heavy (non-hydrogen) atoms. The van der Waals surface area contributed by atoms with Gasteiger partial charge in [0.25, 0.3) is 5.91 Å². The number of amides is 2. The van der Waals surface area contributed by atoms with Crippen LogP contribution in [0.2, 0.25) is 0 Å². The number of rotatable bonds is 8. The molecule has 1 atom stereocenters. The van der Waals surface area contributed by atoms with Crippen LogP contribution in [0.4, 0.5) is 0 Å². The van der Waals surface area contributed by atoms with Gasteiger partial charge in [-0.15, -0.1) is 11.8 Å². The molecular formula is C24H28N2O3S. The first-order chi connectivity index (χ1) is 14.3. The van der Waals surface area contributed by atoms with Gasteiger partial charge in [-0.05, 0) is 30.5 Å². The van der Waals surface area contributed by atoms with Crippen molar-refractivity contribution >= 4 is 29.4 Å². The molecule has 0 aliphatic heterocycles. The van der Waals surface area contributed by atoms with Crippen molar-refractivity contribution < 1.29 is 14.4 Å². The average molecular weight is 425 g/mol. The summed E-state index contributed by atoms with van der Waals surface area (Å²) in [5.41, 5.74) is 0.837. The molecule has 0 bridgehead atoms. The van der Waals surface area contributed by atoms with Crippen molar-refractivity contribution in [3.63, 3.8) is 0 Å². The van der Waals surface area contributed by atoms with E-state index in [1.165, 1.54) is 11.8 Å². The number of nitrogens with one attached hydrogen (secondary N) is 2. The van der Waals surface area contributed by atoms with Gasteiger partial charge in [-0.3, -0.25) is 14.4 Å². The molecule has 1 aliphatic rings. The third-order valence-electron chi connectivity index (χ3n) is 4.89. The van der Waals surface area contributed by atoms with Gasteiger partial charge in [-0.2, -0.15) is 0 Å². The van der Waals surface area contributed by atoms with Gasteiger partial charge in [-0.25, -0.2) is 0 Å². The summed E-state index contributed by atoms with van der Waals surface area (Å²) in [5.74, 6) is -0.399. The summed E-state index contributed by atoms with van der Waals surface area (Å²) in [6.45, 7) is 5.46. The molecule has 0 aromatic heterocycles. The topological polar surface area (TPSA) is 75.3 Å². The average Bonchev–Trinajstić information content (AvgIpc) is 3.54. The van der Waals surface area contributed by atoms with E-state index in [4.69, 9.17) is 0 Å². The summed E-state index contributed by atoms with van der Waals surface area (Å²) >= 11 is 1.36. The van der Waals surface area contributed by atoms with Crippen LogP contribution in [0, 0.1) is 5.41 Å². The maximum Gasteiger partial charge on any atom is 0.252 e. The zero-order chi connectivity index (χ0) is 21.7. The van der Waals surface area contributed by atoms with Crippen LogP contribution < -0.4 is 10.6 Å². The predicted molar refractivity (Wildman–Crippen MR) is 119 cm³/mol. The van der Waals surface area contributed by atoms with E-state index in [9.17, 15) is 14.4 Å². The van der Waals surface area contributed by atoms with Crippen molar-refractivity contribution in [1.82, 2.24) is 10.6 Å². The molecule has 6 heteroatoms. The van der Waals surface area contributed by atoms with Crippen LogP contribution in [0.1, 0.15) is 54.8 Å². The maximum absolute atomic E-state index is 12.9. The highest BCUT2D eigenvalue weighted by molar-refractivity contribution is 8.00. The second kappa shape index (κ2) is 9.47. The summed E-state index contributed by atoms with van der Waals surface area (Å²) in [5, 5.41) is 5.34.